The summed E-state index contributed by atoms with van der Waals surface area (Å²) >= 11 is 0. The van der Waals surface area contributed by atoms with Crippen LogP contribution in [0.3, 0.4) is 0 Å². The average molecular weight is 689 g/mol. The SMILES string of the molecule is CCCCc1ccnc(-n2c3ccccc3c3ccc(Oc4cc(-n5nc(C)c(-c6c(C)cccc6C)c5C(C)(C)C)cc(C(C)(C)C)c4)cc32)c1. The molecule has 0 N–H and O–H groups in total. The first-order chi connectivity index (χ1) is 24.7. The van der Waals surface area contributed by atoms with E-state index < -0.39 is 0 Å². The lowest BCUT2D eigenvalue weighted by molar-refractivity contribution is 0.477. The van der Waals surface area contributed by atoms with Crippen molar-refractivity contribution >= 4 is 21.8 Å². The zero-order chi connectivity index (χ0) is 36.9. The Bertz CT molecular complexity index is 2410. The lowest BCUT2D eigenvalue weighted by Gasteiger charge is -2.26. The third-order valence-electron chi connectivity index (χ3n) is 10.2. The molecule has 0 aliphatic heterocycles. The molecule has 7 aromatic rings. The number of ether oxygens (including phenoxy) is 1. The fourth-order valence-corrected chi connectivity index (χ4v) is 7.63. The Morgan fingerprint density at radius 2 is 1.40 bits per heavy atom. The van der Waals surface area contributed by atoms with E-state index in [2.05, 4.69) is 169 Å². The number of para-hydroxylation sites is 1. The first-order valence-corrected chi connectivity index (χ1v) is 18.7. The van der Waals surface area contributed by atoms with Gasteiger partial charge in [0.2, 0.25) is 0 Å². The summed E-state index contributed by atoms with van der Waals surface area (Å²) < 4.78 is 11.3. The Kier molecular flexibility index (Phi) is 9.10. The first-order valence-electron chi connectivity index (χ1n) is 18.7. The molecule has 0 unspecified atom stereocenters. The topological polar surface area (TPSA) is 44.9 Å². The van der Waals surface area contributed by atoms with Crippen LogP contribution in [0.25, 0.3) is 44.4 Å². The molecular weight excluding hydrogens is 637 g/mol. The number of nitrogens with zero attached hydrogens (tertiary/aromatic N) is 4. The van der Waals surface area contributed by atoms with Crippen molar-refractivity contribution in [3.63, 3.8) is 0 Å². The van der Waals surface area contributed by atoms with Gasteiger partial charge in [-0.15, -0.1) is 0 Å². The van der Waals surface area contributed by atoms with Crippen molar-refractivity contribution in [1.82, 2.24) is 19.3 Å². The molecule has 0 bridgehead atoms. The summed E-state index contributed by atoms with van der Waals surface area (Å²) in [5.74, 6) is 2.49. The van der Waals surface area contributed by atoms with Crippen LogP contribution < -0.4 is 4.74 Å². The second-order valence-corrected chi connectivity index (χ2v) is 16.5. The molecule has 3 heterocycles. The molecular formula is C47H52N4O. The van der Waals surface area contributed by atoms with E-state index in [0.717, 1.165) is 59.0 Å². The van der Waals surface area contributed by atoms with Crippen molar-refractivity contribution in [3.8, 4) is 34.1 Å². The molecule has 266 valence electrons. The number of aromatic nitrogens is 4. The largest absolute Gasteiger partial charge is 0.457 e. The molecule has 0 spiro atoms. The third kappa shape index (κ3) is 6.53. The minimum atomic E-state index is -0.176. The lowest BCUT2D eigenvalue weighted by atomic mass is 9.83. The lowest BCUT2D eigenvalue weighted by Crippen LogP contribution is -2.19. The monoisotopic (exact) mass is 688 g/mol. The second-order valence-electron chi connectivity index (χ2n) is 16.5. The van der Waals surface area contributed by atoms with Crippen molar-refractivity contribution in [1.29, 1.82) is 0 Å². The van der Waals surface area contributed by atoms with Crippen molar-refractivity contribution in [3.05, 3.63) is 131 Å². The van der Waals surface area contributed by atoms with Crippen LogP contribution in [0.2, 0.25) is 0 Å². The van der Waals surface area contributed by atoms with Crippen LogP contribution in [0.15, 0.2) is 97.2 Å². The maximum absolute atomic E-state index is 6.86. The molecule has 7 rings (SSSR count). The van der Waals surface area contributed by atoms with E-state index in [1.807, 2.05) is 6.20 Å². The Morgan fingerprint density at radius 3 is 2.12 bits per heavy atom. The van der Waals surface area contributed by atoms with Gasteiger partial charge < -0.3 is 4.74 Å². The molecule has 0 aliphatic rings. The summed E-state index contributed by atoms with van der Waals surface area (Å²) in [6.07, 6.45) is 5.31. The highest BCUT2D eigenvalue weighted by Crippen LogP contribution is 2.42. The summed E-state index contributed by atoms with van der Waals surface area (Å²) in [4.78, 5) is 4.87. The van der Waals surface area contributed by atoms with E-state index in [1.54, 1.807) is 0 Å². The van der Waals surface area contributed by atoms with E-state index in [-0.39, 0.29) is 10.8 Å². The molecule has 5 heteroatoms. The van der Waals surface area contributed by atoms with E-state index in [0.29, 0.717) is 0 Å². The molecule has 0 atom stereocenters. The third-order valence-corrected chi connectivity index (χ3v) is 10.2. The maximum Gasteiger partial charge on any atom is 0.137 e. The quantitative estimate of drug-likeness (QED) is 0.160. The van der Waals surface area contributed by atoms with Gasteiger partial charge in [0.15, 0.2) is 0 Å². The zero-order valence-corrected chi connectivity index (χ0v) is 32.6. The highest BCUT2D eigenvalue weighted by atomic mass is 16.5. The van der Waals surface area contributed by atoms with Gasteiger partial charge in [-0.05, 0) is 109 Å². The van der Waals surface area contributed by atoms with E-state index in [4.69, 9.17) is 14.8 Å². The number of unbranched alkanes of at least 4 members (excludes halogenated alkanes) is 1. The van der Waals surface area contributed by atoms with Crippen molar-refractivity contribution in [2.45, 2.75) is 99.3 Å². The Labute approximate surface area is 309 Å². The molecule has 0 saturated carbocycles. The van der Waals surface area contributed by atoms with Gasteiger partial charge in [0, 0.05) is 40.1 Å². The van der Waals surface area contributed by atoms with Crippen LogP contribution in [0, 0.1) is 20.8 Å². The van der Waals surface area contributed by atoms with Crippen LogP contribution in [-0.2, 0) is 17.3 Å². The Hall–Kier alpha value is -5.16. The summed E-state index contributed by atoms with van der Waals surface area (Å²) in [7, 11) is 0. The Morgan fingerprint density at radius 1 is 0.673 bits per heavy atom. The fourth-order valence-electron chi connectivity index (χ4n) is 7.63. The molecule has 3 aromatic heterocycles. The predicted octanol–water partition coefficient (Wildman–Crippen LogP) is 12.7. The first kappa shape index (κ1) is 35.3. The standard InChI is InChI=1S/C47H52N4O/c1-11-12-18-33-23-24-48-42(25-33)50-40-20-14-13-19-38(40)39-22-21-36(29-41(39)50)52-37-27-34(46(5,6)7)26-35(28-37)51-45(47(8,9)10)44(32(4)49-51)43-30(2)16-15-17-31(43)3/h13-17,19-29H,11-12,18H2,1-10H3. The molecule has 4 aromatic carbocycles. The number of hydrogen-bond donors (Lipinski definition) is 0. The van der Waals surface area contributed by atoms with Gasteiger partial charge >= 0.3 is 0 Å². The average Bonchev–Trinajstić information content (AvgIpc) is 3.61. The van der Waals surface area contributed by atoms with Gasteiger partial charge in [-0.2, -0.15) is 5.10 Å². The highest BCUT2D eigenvalue weighted by Gasteiger charge is 2.30. The number of aryl methyl sites for hydroxylation is 4. The van der Waals surface area contributed by atoms with E-state index >= 15 is 0 Å². The summed E-state index contributed by atoms with van der Waals surface area (Å²) in [5, 5.41) is 7.64. The molecule has 52 heavy (non-hydrogen) atoms. The number of benzene rings is 4. The minimum Gasteiger partial charge on any atom is -0.457 e. The molecule has 0 aliphatic carbocycles. The smallest absolute Gasteiger partial charge is 0.137 e. The van der Waals surface area contributed by atoms with Gasteiger partial charge in [0.05, 0.1) is 28.1 Å². The highest BCUT2D eigenvalue weighted by molar-refractivity contribution is 6.09. The fraction of sp³-hybridized carbons (Fsp3) is 0.319. The zero-order valence-electron chi connectivity index (χ0n) is 32.6. The molecule has 0 radical (unpaired) electrons. The van der Waals surface area contributed by atoms with Gasteiger partial charge in [-0.3, -0.25) is 4.57 Å². The van der Waals surface area contributed by atoms with Crippen LogP contribution >= 0.6 is 0 Å². The molecule has 5 nitrogen and oxygen atoms in total. The summed E-state index contributed by atoms with van der Waals surface area (Å²) in [6, 6.07) is 32.5. The van der Waals surface area contributed by atoms with Crippen molar-refractivity contribution < 1.29 is 4.74 Å². The number of fused-ring (bicyclic) bond motifs is 3. The summed E-state index contributed by atoms with van der Waals surface area (Å²) in [5.41, 5.74) is 12.6. The van der Waals surface area contributed by atoms with Crippen LogP contribution in [0.5, 0.6) is 11.5 Å². The normalized spacial score (nSPS) is 12.3. The van der Waals surface area contributed by atoms with Gasteiger partial charge in [-0.1, -0.05) is 91.3 Å². The van der Waals surface area contributed by atoms with Gasteiger partial charge in [-0.25, -0.2) is 9.67 Å². The predicted molar refractivity (Wildman–Crippen MR) is 218 cm³/mol. The van der Waals surface area contributed by atoms with Crippen LogP contribution in [-0.4, -0.2) is 19.3 Å². The number of hydrogen-bond acceptors (Lipinski definition) is 3. The maximum atomic E-state index is 6.86. The van der Waals surface area contributed by atoms with Crippen LogP contribution in [0.4, 0.5) is 0 Å². The van der Waals surface area contributed by atoms with Gasteiger partial charge in [0.25, 0.3) is 0 Å². The molecule has 0 fully saturated rings. The van der Waals surface area contributed by atoms with E-state index in [9.17, 15) is 0 Å². The number of rotatable bonds is 8. The summed E-state index contributed by atoms with van der Waals surface area (Å²) in [6.45, 7) is 22.4. The number of pyridine rings is 1. The minimum absolute atomic E-state index is 0.113. The van der Waals surface area contributed by atoms with Crippen molar-refractivity contribution in [2.75, 3.05) is 0 Å². The molecule has 0 amide bonds. The Balaban J connectivity index is 1.38. The second kappa shape index (κ2) is 13.4. The van der Waals surface area contributed by atoms with Gasteiger partial charge in [0.1, 0.15) is 17.3 Å². The van der Waals surface area contributed by atoms with Crippen molar-refractivity contribution in [2.24, 2.45) is 0 Å². The van der Waals surface area contributed by atoms with Crippen LogP contribution in [0.1, 0.15) is 94.9 Å². The van der Waals surface area contributed by atoms with E-state index in [1.165, 1.54) is 49.8 Å². The molecule has 0 saturated heterocycles.